The van der Waals surface area contributed by atoms with E-state index in [9.17, 15) is 13.2 Å². The molecule has 0 aliphatic heterocycles. The third-order valence-electron chi connectivity index (χ3n) is 4.69. The van der Waals surface area contributed by atoms with Crippen LogP contribution in [0.25, 0.3) is 0 Å². The Labute approximate surface area is 193 Å². The van der Waals surface area contributed by atoms with Crippen molar-refractivity contribution in [3.63, 3.8) is 0 Å². The van der Waals surface area contributed by atoms with E-state index in [0.717, 1.165) is 14.8 Å². The molecule has 1 N–H and O–H groups in total. The van der Waals surface area contributed by atoms with Crippen LogP contribution in [0.15, 0.2) is 88.7 Å². The van der Waals surface area contributed by atoms with Crippen LogP contribution in [0.1, 0.15) is 5.56 Å². The fourth-order valence-corrected chi connectivity index (χ4v) is 5.17. The molecule has 0 aliphatic rings. The highest BCUT2D eigenvalue weighted by atomic mass is 32.2. The van der Waals surface area contributed by atoms with Gasteiger partial charge in [-0.2, -0.15) is 0 Å². The van der Waals surface area contributed by atoms with Gasteiger partial charge in [0.15, 0.2) is 0 Å². The van der Waals surface area contributed by atoms with Gasteiger partial charge in [0.25, 0.3) is 10.0 Å². The second-order valence-electron chi connectivity index (χ2n) is 7.03. The fraction of sp³-hybridized carbons (Fsp3) is 0.208. The highest BCUT2D eigenvalue weighted by Gasteiger charge is 2.27. The quantitative estimate of drug-likeness (QED) is 0.357. The summed E-state index contributed by atoms with van der Waals surface area (Å²) in [7, 11) is -2.43. The third kappa shape index (κ3) is 6.27. The maximum atomic E-state index is 13.4. The zero-order chi connectivity index (χ0) is 23.0. The lowest BCUT2D eigenvalue weighted by atomic mass is 10.2. The second-order valence-corrected chi connectivity index (χ2v) is 10.1. The normalized spacial score (nSPS) is 11.1. The van der Waals surface area contributed by atoms with Gasteiger partial charge in [-0.1, -0.05) is 35.9 Å². The topological polar surface area (TPSA) is 75.7 Å². The average Bonchev–Trinajstić information content (AvgIpc) is 2.81. The smallest absolute Gasteiger partial charge is 0.264 e. The summed E-state index contributed by atoms with van der Waals surface area (Å²) in [4.78, 5) is 13.8. The molecule has 8 heteroatoms. The Kier molecular flexibility index (Phi) is 8.19. The molecule has 3 aromatic rings. The number of benzene rings is 3. The van der Waals surface area contributed by atoms with Crippen molar-refractivity contribution in [3.8, 4) is 5.75 Å². The number of hydrogen-bond donors (Lipinski definition) is 1. The van der Waals surface area contributed by atoms with Gasteiger partial charge in [0.2, 0.25) is 5.91 Å². The van der Waals surface area contributed by atoms with Gasteiger partial charge in [0.1, 0.15) is 12.3 Å². The molecule has 0 atom stereocenters. The maximum absolute atomic E-state index is 13.4. The lowest BCUT2D eigenvalue weighted by Gasteiger charge is -2.24. The van der Waals surface area contributed by atoms with Gasteiger partial charge in [-0.15, -0.1) is 11.8 Å². The number of sulfonamides is 1. The van der Waals surface area contributed by atoms with Gasteiger partial charge in [-0.3, -0.25) is 9.10 Å². The Bertz CT molecular complexity index is 1120. The van der Waals surface area contributed by atoms with Crippen LogP contribution in [0.4, 0.5) is 5.69 Å². The lowest BCUT2D eigenvalue weighted by Crippen LogP contribution is -2.41. The predicted molar refractivity (Wildman–Crippen MR) is 129 cm³/mol. The number of ether oxygens (including phenoxy) is 1. The van der Waals surface area contributed by atoms with Crippen molar-refractivity contribution >= 4 is 33.4 Å². The number of carbonyl (C=O) groups is 1. The molecule has 0 fully saturated rings. The first-order valence-electron chi connectivity index (χ1n) is 10.1. The summed E-state index contributed by atoms with van der Waals surface area (Å²) >= 11 is 1.63. The molecule has 168 valence electrons. The Morgan fingerprint density at radius 1 is 0.969 bits per heavy atom. The molecule has 0 heterocycles. The first-order valence-corrected chi connectivity index (χ1v) is 12.5. The summed E-state index contributed by atoms with van der Waals surface area (Å²) < 4.78 is 33.0. The van der Waals surface area contributed by atoms with Crippen molar-refractivity contribution < 1.29 is 17.9 Å². The molecule has 6 nitrogen and oxygen atoms in total. The molecule has 0 saturated heterocycles. The van der Waals surface area contributed by atoms with Crippen LogP contribution in [-0.2, 0) is 14.8 Å². The van der Waals surface area contributed by atoms with E-state index >= 15 is 0 Å². The van der Waals surface area contributed by atoms with Gasteiger partial charge in [-0.05, 0) is 55.5 Å². The zero-order valence-corrected chi connectivity index (χ0v) is 19.7. The Morgan fingerprint density at radius 2 is 1.62 bits per heavy atom. The monoisotopic (exact) mass is 470 g/mol. The summed E-state index contributed by atoms with van der Waals surface area (Å²) in [5, 5.41) is 2.82. The fourth-order valence-electron chi connectivity index (χ4n) is 2.96. The van der Waals surface area contributed by atoms with Gasteiger partial charge in [0.05, 0.1) is 17.7 Å². The number of carbonyl (C=O) groups excluding carboxylic acids is 1. The van der Waals surface area contributed by atoms with Crippen LogP contribution in [-0.4, -0.2) is 40.3 Å². The minimum atomic E-state index is -3.95. The van der Waals surface area contributed by atoms with E-state index in [4.69, 9.17) is 4.74 Å². The molecule has 0 aliphatic carbocycles. The predicted octanol–water partition coefficient (Wildman–Crippen LogP) is 4.11. The van der Waals surface area contributed by atoms with Gasteiger partial charge in [-0.25, -0.2) is 8.42 Å². The molecular formula is C24H26N2O4S2. The van der Waals surface area contributed by atoms with Crippen molar-refractivity contribution in [2.75, 3.05) is 30.3 Å². The third-order valence-corrected chi connectivity index (χ3v) is 7.49. The van der Waals surface area contributed by atoms with Crippen molar-refractivity contribution in [1.29, 1.82) is 0 Å². The van der Waals surface area contributed by atoms with Crippen LogP contribution in [0, 0.1) is 6.92 Å². The number of methoxy groups -OCH3 is 1. The van der Waals surface area contributed by atoms with E-state index in [2.05, 4.69) is 5.32 Å². The molecule has 0 saturated carbocycles. The molecule has 3 rings (SSSR count). The first kappa shape index (κ1) is 23.7. The van der Waals surface area contributed by atoms with Gasteiger partial charge in [0, 0.05) is 17.2 Å². The Morgan fingerprint density at radius 3 is 2.25 bits per heavy atom. The minimum absolute atomic E-state index is 0.0892. The van der Waals surface area contributed by atoms with Crippen LogP contribution >= 0.6 is 11.8 Å². The van der Waals surface area contributed by atoms with Crippen LogP contribution in [0.3, 0.4) is 0 Å². The maximum Gasteiger partial charge on any atom is 0.264 e. The zero-order valence-electron chi connectivity index (χ0n) is 18.0. The SMILES string of the molecule is COc1ccc(S(=O)(=O)N(CC(=O)NCCSc2ccccc2)c2ccc(C)cc2)cc1. The van der Waals surface area contributed by atoms with E-state index in [1.807, 2.05) is 49.4 Å². The number of nitrogens with one attached hydrogen (secondary N) is 1. The standard InChI is InChI=1S/C24H26N2O4S2/c1-19-8-10-20(11-9-19)26(32(28,29)23-14-12-21(30-2)13-15-23)18-24(27)25-16-17-31-22-6-4-3-5-7-22/h3-15H,16-18H2,1-2H3,(H,25,27). The number of rotatable bonds is 10. The summed E-state index contributed by atoms with van der Waals surface area (Å²) in [6.07, 6.45) is 0. The number of hydrogen-bond acceptors (Lipinski definition) is 5. The van der Waals surface area contributed by atoms with E-state index in [1.165, 1.54) is 19.2 Å². The lowest BCUT2D eigenvalue weighted by molar-refractivity contribution is -0.119. The van der Waals surface area contributed by atoms with Crippen molar-refractivity contribution in [2.45, 2.75) is 16.7 Å². The van der Waals surface area contributed by atoms with E-state index in [-0.39, 0.29) is 17.3 Å². The summed E-state index contributed by atoms with van der Waals surface area (Å²) in [6.45, 7) is 2.04. The Balaban J connectivity index is 1.72. The number of amides is 1. The van der Waals surface area contributed by atoms with Crippen molar-refractivity contribution in [1.82, 2.24) is 5.32 Å². The molecule has 0 spiro atoms. The van der Waals surface area contributed by atoms with Gasteiger partial charge < -0.3 is 10.1 Å². The average molecular weight is 471 g/mol. The molecule has 0 aromatic heterocycles. The summed E-state index contributed by atoms with van der Waals surface area (Å²) in [5.41, 5.74) is 1.43. The van der Waals surface area contributed by atoms with Crippen molar-refractivity contribution in [3.05, 3.63) is 84.4 Å². The highest BCUT2D eigenvalue weighted by molar-refractivity contribution is 7.99. The first-order chi connectivity index (χ1) is 15.4. The van der Waals surface area contributed by atoms with E-state index in [0.29, 0.717) is 23.7 Å². The molecular weight excluding hydrogens is 444 g/mol. The van der Waals surface area contributed by atoms with Crippen LogP contribution in [0.5, 0.6) is 5.75 Å². The molecule has 32 heavy (non-hydrogen) atoms. The van der Waals surface area contributed by atoms with Gasteiger partial charge >= 0.3 is 0 Å². The second kappa shape index (κ2) is 11.1. The number of thioether (sulfide) groups is 1. The minimum Gasteiger partial charge on any atom is -0.497 e. The number of aryl methyl sites for hydroxylation is 1. The number of anilines is 1. The molecule has 0 radical (unpaired) electrons. The summed E-state index contributed by atoms with van der Waals surface area (Å²) in [6, 6.07) is 23.1. The van der Waals surface area contributed by atoms with Crippen LogP contribution < -0.4 is 14.4 Å². The summed E-state index contributed by atoms with van der Waals surface area (Å²) in [5.74, 6) is 0.877. The largest absolute Gasteiger partial charge is 0.497 e. The molecule has 1 amide bonds. The molecule has 3 aromatic carbocycles. The van der Waals surface area contributed by atoms with Crippen molar-refractivity contribution in [2.24, 2.45) is 0 Å². The Hall–Kier alpha value is -2.97. The molecule has 0 unspecified atom stereocenters. The number of nitrogens with zero attached hydrogens (tertiary/aromatic N) is 1. The van der Waals surface area contributed by atoms with E-state index < -0.39 is 10.0 Å². The van der Waals surface area contributed by atoms with E-state index in [1.54, 1.807) is 36.0 Å². The molecule has 0 bridgehead atoms. The van der Waals surface area contributed by atoms with Crippen LogP contribution in [0.2, 0.25) is 0 Å². The highest BCUT2D eigenvalue weighted by Crippen LogP contribution is 2.25.